The molecule has 4 heteroatoms. The van der Waals surface area contributed by atoms with E-state index in [-0.39, 0.29) is 11.6 Å². The lowest BCUT2D eigenvalue weighted by Crippen LogP contribution is -2.54. The summed E-state index contributed by atoms with van der Waals surface area (Å²) in [6.45, 7) is 0. The highest BCUT2D eigenvalue weighted by molar-refractivity contribution is 5.13. The predicted octanol–water partition coefficient (Wildman–Crippen LogP) is 2.00. The Morgan fingerprint density at radius 1 is 1.22 bits per heavy atom. The number of rotatable bonds is 4. The molecule has 1 N–H and O–H groups in total. The molecule has 1 aliphatic rings. The maximum absolute atomic E-state index is 4.50. The molecule has 0 bridgehead atoms. The second-order valence-electron chi connectivity index (χ2n) is 5.41. The summed E-state index contributed by atoms with van der Waals surface area (Å²) in [5, 5.41) is 3.47. The van der Waals surface area contributed by atoms with Gasteiger partial charge < -0.3 is 10.2 Å². The Bertz CT molecular complexity index is 357. The Morgan fingerprint density at radius 2 is 1.94 bits per heavy atom. The van der Waals surface area contributed by atoms with Crippen molar-refractivity contribution < 1.29 is 0 Å². The fourth-order valence-corrected chi connectivity index (χ4v) is 3.31. The SMILES string of the molecule is CNC(c1cnccn1)C1(N(C)C)CCCCC1. The Hall–Kier alpha value is -1.00. The van der Waals surface area contributed by atoms with Crippen LogP contribution in [0.15, 0.2) is 18.6 Å². The molecule has 1 unspecified atom stereocenters. The molecule has 4 nitrogen and oxygen atoms in total. The van der Waals surface area contributed by atoms with Crippen molar-refractivity contribution in [1.82, 2.24) is 20.2 Å². The van der Waals surface area contributed by atoms with Gasteiger partial charge in [-0.05, 0) is 34.0 Å². The minimum absolute atomic E-state index is 0.170. The highest BCUT2D eigenvalue weighted by atomic mass is 15.2. The topological polar surface area (TPSA) is 41.1 Å². The van der Waals surface area contributed by atoms with Crippen LogP contribution in [0, 0.1) is 0 Å². The summed E-state index contributed by atoms with van der Waals surface area (Å²) in [6.07, 6.45) is 11.8. The summed E-state index contributed by atoms with van der Waals surface area (Å²) in [5.41, 5.74) is 1.22. The molecule has 2 rings (SSSR count). The molecule has 1 aliphatic carbocycles. The number of nitrogens with one attached hydrogen (secondary N) is 1. The first-order valence-corrected chi connectivity index (χ1v) is 6.81. The van der Waals surface area contributed by atoms with Gasteiger partial charge in [0, 0.05) is 17.9 Å². The Kier molecular flexibility index (Phi) is 4.30. The number of hydrogen-bond donors (Lipinski definition) is 1. The quantitative estimate of drug-likeness (QED) is 0.885. The van der Waals surface area contributed by atoms with Crippen LogP contribution in [0.25, 0.3) is 0 Å². The molecule has 18 heavy (non-hydrogen) atoms. The van der Waals surface area contributed by atoms with Gasteiger partial charge in [0.1, 0.15) is 0 Å². The van der Waals surface area contributed by atoms with Crippen molar-refractivity contribution in [3.8, 4) is 0 Å². The minimum Gasteiger partial charge on any atom is -0.310 e. The molecule has 0 aromatic carbocycles. The van der Waals surface area contributed by atoms with Gasteiger partial charge >= 0.3 is 0 Å². The predicted molar refractivity (Wildman–Crippen MR) is 73.3 cm³/mol. The van der Waals surface area contributed by atoms with Crippen molar-refractivity contribution >= 4 is 0 Å². The van der Waals surface area contributed by atoms with Gasteiger partial charge in [0.2, 0.25) is 0 Å². The highest BCUT2D eigenvalue weighted by Gasteiger charge is 2.42. The van der Waals surface area contributed by atoms with E-state index in [1.807, 2.05) is 13.2 Å². The van der Waals surface area contributed by atoms with E-state index in [4.69, 9.17) is 0 Å². The first-order valence-electron chi connectivity index (χ1n) is 6.81. The van der Waals surface area contributed by atoms with Crippen molar-refractivity contribution in [1.29, 1.82) is 0 Å². The average molecular weight is 248 g/mol. The van der Waals surface area contributed by atoms with E-state index < -0.39 is 0 Å². The maximum Gasteiger partial charge on any atom is 0.0774 e. The van der Waals surface area contributed by atoms with Crippen LogP contribution in [-0.4, -0.2) is 41.5 Å². The van der Waals surface area contributed by atoms with Gasteiger partial charge in [-0.2, -0.15) is 0 Å². The molecule has 0 aliphatic heterocycles. The van der Waals surface area contributed by atoms with Gasteiger partial charge in [-0.3, -0.25) is 9.97 Å². The molecule has 0 spiro atoms. The second kappa shape index (κ2) is 5.76. The fraction of sp³-hybridized carbons (Fsp3) is 0.714. The minimum atomic E-state index is 0.170. The highest BCUT2D eigenvalue weighted by Crippen LogP contribution is 2.41. The van der Waals surface area contributed by atoms with Crippen LogP contribution in [0.2, 0.25) is 0 Å². The van der Waals surface area contributed by atoms with Gasteiger partial charge in [-0.15, -0.1) is 0 Å². The Labute approximate surface area is 110 Å². The van der Waals surface area contributed by atoms with Gasteiger partial charge in [0.05, 0.1) is 17.9 Å². The standard InChI is InChI=1S/C14H24N4/c1-15-13(12-11-16-9-10-17-12)14(18(2)3)7-5-4-6-8-14/h9-11,13,15H,4-8H2,1-3H3. The molecule has 1 aromatic heterocycles. The van der Waals surface area contributed by atoms with Crippen molar-refractivity contribution in [2.45, 2.75) is 43.7 Å². The average Bonchev–Trinajstić information content (AvgIpc) is 2.41. The molecular weight excluding hydrogens is 224 g/mol. The van der Waals surface area contributed by atoms with Crippen LogP contribution in [-0.2, 0) is 0 Å². The van der Waals surface area contributed by atoms with Gasteiger partial charge in [0.25, 0.3) is 0 Å². The van der Waals surface area contributed by atoms with Crippen LogP contribution >= 0.6 is 0 Å². The largest absolute Gasteiger partial charge is 0.310 e. The maximum atomic E-state index is 4.50. The molecule has 0 saturated heterocycles. The number of nitrogens with zero attached hydrogens (tertiary/aromatic N) is 3. The zero-order valence-electron chi connectivity index (χ0n) is 11.7. The molecule has 1 saturated carbocycles. The lowest BCUT2D eigenvalue weighted by atomic mass is 9.74. The molecule has 1 aromatic rings. The van der Waals surface area contributed by atoms with E-state index in [2.05, 4.69) is 34.3 Å². The fourth-order valence-electron chi connectivity index (χ4n) is 3.31. The van der Waals surface area contributed by atoms with Gasteiger partial charge in [0.15, 0.2) is 0 Å². The number of hydrogen-bond acceptors (Lipinski definition) is 4. The third-order valence-electron chi connectivity index (χ3n) is 4.31. The van der Waals surface area contributed by atoms with Crippen molar-refractivity contribution in [3.05, 3.63) is 24.3 Å². The van der Waals surface area contributed by atoms with E-state index in [0.29, 0.717) is 0 Å². The lowest BCUT2D eigenvalue weighted by Gasteiger charge is -2.48. The van der Waals surface area contributed by atoms with Gasteiger partial charge in [-0.25, -0.2) is 0 Å². The van der Waals surface area contributed by atoms with E-state index in [9.17, 15) is 0 Å². The summed E-state index contributed by atoms with van der Waals surface area (Å²) < 4.78 is 0. The third-order valence-corrected chi connectivity index (χ3v) is 4.31. The van der Waals surface area contributed by atoms with Crippen LogP contribution in [0.4, 0.5) is 0 Å². The zero-order chi connectivity index (χ0) is 13.0. The van der Waals surface area contributed by atoms with Crippen LogP contribution < -0.4 is 5.32 Å². The molecular formula is C14H24N4. The number of likely N-dealkylation sites (N-methyl/N-ethyl adjacent to an activating group) is 2. The summed E-state index contributed by atoms with van der Waals surface area (Å²) in [5.74, 6) is 0. The van der Waals surface area contributed by atoms with E-state index in [0.717, 1.165) is 5.69 Å². The Morgan fingerprint density at radius 3 is 2.44 bits per heavy atom. The summed E-state index contributed by atoms with van der Waals surface area (Å²) in [6, 6.07) is 0.251. The van der Waals surface area contributed by atoms with E-state index in [1.165, 1.54) is 32.1 Å². The lowest BCUT2D eigenvalue weighted by molar-refractivity contribution is 0.0577. The van der Waals surface area contributed by atoms with Crippen molar-refractivity contribution in [3.63, 3.8) is 0 Å². The number of aromatic nitrogens is 2. The first kappa shape index (κ1) is 13.4. The van der Waals surface area contributed by atoms with E-state index >= 15 is 0 Å². The smallest absolute Gasteiger partial charge is 0.0774 e. The molecule has 1 atom stereocenters. The van der Waals surface area contributed by atoms with Crippen LogP contribution in [0.5, 0.6) is 0 Å². The van der Waals surface area contributed by atoms with Crippen molar-refractivity contribution in [2.24, 2.45) is 0 Å². The molecule has 0 amide bonds. The van der Waals surface area contributed by atoms with Gasteiger partial charge in [-0.1, -0.05) is 19.3 Å². The van der Waals surface area contributed by atoms with Crippen LogP contribution in [0.3, 0.4) is 0 Å². The molecule has 100 valence electrons. The summed E-state index contributed by atoms with van der Waals surface area (Å²) in [4.78, 5) is 11.1. The zero-order valence-corrected chi connectivity index (χ0v) is 11.7. The first-order chi connectivity index (χ1) is 8.70. The summed E-state index contributed by atoms with van der Waals surface area (Å²) in [7, 11) is 6.40. The third kappa shape index (κ3) is 2.40. The second-order valence-corrected chi connectivity index (χ2v) is 5.41. The van der Waals surface area contributed by atoms with Crippen molar-refractivity contribution in [2.75, 3.05) is 21.1 Å². The Balaban J connectivity index is 2.33. The van der Waals surface area contributed by atoms with Crippen LogP contribution in [0.1, 0.15) is 43.8 Å². The molecule has 0 radical (unpaired) electrons. The monoisotopic (exact) mass is 248 g/mol. The molecule has 1 fully saturated rings. The summed E-state index contributed by atoms with van der Waals surface area (Å²) >= 11 is 0. The molecule has 1 heterocycles. The van der Waals surface area contributed by atoms with E-state index in [1.54, 1.807) is 12.4 Å². The normalized spacial score (nSPS) is 20.9.